The molecular formula is C15H21NO3. The van der Waals surface area contributed by atoms with Crippen LogP contribution in [0.4, 0.5) is 0 Å². The molecule has 19 heavy (non-hydrogen) atoms. The smallest absolute Gasteiger partial charge is 0.323 e. The molecule has 0 bridgehead atoms. The Morgan fingerprint density at radius 1 is 1.47 bits per heavy atom. The lowest BCUT2D eigenvalue weighted by atomic mass is 9.82. The van der Waals surface area contributed by atoms with Crippen LogP contribution in [0.5, 0.6) is 5.75 Å². The number of fused-ring (bicyclic) bond motifs is 1. The van der Waals surface area contributed by atoms with Gasteiger partial charge in [-0.3, -0.25) is 10.1 Å². The molecule has 0 aliphatic carbocycles. The SMILES string of the molecule is CCOC(=O)C1Cc2cc(OC)ccc2C(C)(C)N1. The molecule has 1 atom stereocenters. The van der Waals surface area contributed by atoms with Crippen molar-refractivity contribution >= 4 is 5.97 Å². The van der Waals surface area contributed by atoms with Gasteiger partial charge in [-0.1, -0.05) is 6.07 Å². The minimum Gasteiger partial charge on any atom is -0.497 e. The first-order chi connectivity index (χ1) is 8.97. The van der Waals surface area contributed by atoms with Gasteiger partial charge < -0.3 is 9.47 Å². The second-order valence-electron chi connectivity index (χ2n) is 5.30. The van der Waals surface area contributed by atoms with E-state index in [0.717, 1.165) is 11.3 Å². The van der Waals surface area contributed by atoms with Crippen molar-refractivity contribution in [1.82, 2.24) is 5.32 Å². The molecule has 2 rings (SSSR count). The minimum absolute atomic E-state index is 0.191. The minimum atomic E-state index is -0.297. The first-order valence-electron chi connectivity index (χ1n) is 6.59. The molecule has 0 spiro atoms. The highest BCUT2D eigenvalue weighted by Crippen LogP contribution is 2.32. The predicted octanol–water partition coefficient (Wildman–Crippen LogP) is 2.01. The second-order valence-corrected chi connectivity index (χ2v) is 5.30. The van der Waals surface area contributed by atoms with E-state index in [4.69, 9.17) is 9.47 Å². The average molecular weight is 263 g/mol. The lowest BCUT2D eigenvalue weighted by Gasteiger charge is -2.38. The van der Waals surface area contributed by atoms with E-state index in [1.165, 1.54) is 5.56 Å². The van der Waals surface area contributed by atoms with Crippen molar-refractivity contribution in [3.05, 3.63) is 29.3 Å². The van der Waals surface area contributed by atoms with Crippen LogP contribution in [0.3, 0.4) is 0 Å². The van der Waals surface area contributed by atoms with Gasteiger partial charge in [-0.05, 0) is 50.5 Å². The number of carbonyl (C=O) groups is 1. The van der Waals surface area contributed by atoms with Crippen LogP contribution in [0, 0.1) is 0 Å². The first kappa shape index (κ1) is 13.9. The Morgan fingerprint density at radius 3 is 2.84 bits per heavy atom. The highest BCUT2D eigenvalue weighted by atomic mass is 16.5. The summed E-state index contributed by atoms with van der Waals surface area (Å²) in [5, 5.41) is 3.36. The summed E-state index contributed by atoms with van der Waals surface area (Å²) in [7, 11) is 1.65. The van der Waals surface area contributed by atoms with Crippen molar-refractivity contribution in [2.75, 3.05) is 13.7 Å². The van der Waals surface area contributed by atoms with E-state index in [0.29, 0.717) is 13.0 Å². The Hall–Kier alpha value is -1.55. The van der Waals surface area contributed by atoms with Crippen LogP contribution in [0.2, 0.25) is 0 Å². The quantitative estimate of drug-likeness (QED) is 0.847. The highest BCUT2D eigenvalue weighted by molar-refractivity contribution is 5.77. The Balaban J connectivity index is 2.33. The van der Waals surface area contributed by atoms with Crippen molar-refractivity contribution in [2.24, 2.45) is 0 Å². The summed E-state index contributed by atoms with van der Waals surface area (Å²) in [6.07, 6.45) is 0.634. The van der Waals surface area contributed by atoms with E-state index < -0.39 is 0 Å². The number of benzene rings is 1. The number of carbonyl (C=O) groups excluding carboxylic acids is 1. The second kappa shape index (κ2) is 5.21. The molecular weight excluding hydrogens is 242 g/mol. The molecule has 0 saturated carbocycles. The summed E-state index contributed by atoms with van der Waals surface area (Å²) in [6, 6.07) is 5.72. The maximum absolute atomic E-state index is 11.9. The van der Waals surface area contributed by atoms with Crippen molar-refractivity contribution in [3.63, 3.8) is 0 Å². The molecule has 0 amide bonds. The highest BCUT2D eigenvalue weighted by Gasteiger charge is 2.36. The largest absolute Gasteiger partial charge is 0.497 e. The van der Waals surface area contributed by atoms with E-state index >= 15 is 0 Å². The van der Waals surface area contributed by atoms with E-state index in [1.807, 2.05) is 19.1 Å². The Kier molecular flexibility index (Phi) is 3.80. The van der Waals surface area contributed by atoms with Gasteiger partial charge in [0.2, 0.25) is 0 Å². The predicted molar refractivity (Wildman–Crippen MR) is 73.3 cm³/mol. The Bertz CT molecular complexity index is 482. The van der Waals surface area contributed by atoms with E-state index in [-0.39, 0.29) is 17.6 Å². The fraction of sp³-hybridized carbons (Fsp3) is 0.533. The van der Waals surface area contributed by atoms with Gasteiger partial charge >= 0.3 is 5.97 Å². The number of esters is 1. The number of methoxy groups -OCH3 is 1. The van der Waals surface area contributed by atoms with Gasteiger partial charge in [0.15, 0.2) is 0 Å². The third kappa shape index (κ3) is 2.73. The molecule has 1 aromatic carbocycles. The lowest BCUT2D eigenvalue weighted by molar-refractivity contribution is -0.146. The molecule has 0 fully saturated rings. The monoisotopic (exact) mass is 263 g/mol. The maximum atomic E-state index is 11.9. The number of hydrogen-bond donors (Lipinski definition) is 1. The van der Waals surface area contributed by atoms with Crippen LogP contribution in [0.25, 0.3) is 0 Å². The molecule has 1 heterocycles. The van der Waals surface area contributed by atoms with Crippen LogP contribution in [0.1, 0.15) is 31.9 Å². The zero-order chi connectivity index (χ0) is 14.0. The van der Waals surface area contributed by atoms with Gasteiger partial charge in [0.05, 0.1) is 13.7 Å². The number of rotatable bonds is 3. The third-order valence-electron chi connectivity index (χ3n) is 3.52. The van der Waals surface area contributed by atoms with Gasteiger partial charge in [0.1, 0.15) is 11.8 Å². The molecule has 4 nitrogen and oxygen atoms in total. The van der Waals surface area contributed by atoms with Crippen molar-refractivity contribution < 1.29 is 14.3 Å². The summed E-state index contributed by atoms with van der Waals surface area (Å²) in [6.45, 7) is 6.37. The fourth-order valence-electron chi connectivity index (χ4n) is 2.65. The third-order valence-corrected chi connectivity index (χ3v) is 3.52. The van der Waals surface area contributed by atoms with Gasteiger partial charge in [-0.2, -0.15) is 0 Å². The molecule has 0 saturated heterocycles. The summed E-state index contributed by atoms with van der Waals surface area (Å²) < 4.78 is 10.4. The van der Waals surface area contributed by atoms with Crippen LogP contribution < -0.4 is 10.1 Å². The topological polar surface area (TPSA) is 47.6 Å². The van der Waals surface area contributed by atoms with Crippen molar-refractivity contribution in [2.45, 2.75) is 38.8 Å². The number of ether oxygens (including phenoxy) is 2. The summed E-state index contributed by atoms with van der Waals surface area (Å²) >= 11 is 0. The molecule has 4 heteroatoms. The molecule has 104 valence electrons. The van der Waals surface area contributed by atoms with Gasteiger partial charge in [0.25, 0.3) is 0 Å². The van der Waals surface area contributed by atoms with Crippen molar-refractivity contribution in [1.29, 1.82) is 0 Å². The Morgan fingerprint density at radius 2 is 2.21 bits per heavy atom. The molecule has 1 aromatic rings. The number of nitrogens with one attached hydrogen (secondary N) is 1. The van der Waals surface area contributed by atoms with Gasteiger partial charge in [0, 0.05) is 5.54 Å². The standard InChI is InChI=1S/C15H21NO3/c1-5-19-14(17)13-9-10-8-11(18-4)6-7-12(10)15(2,3)16-13/h6-8,13,16H,5,9H2,1-4H3. The lowest BCUT2D eigenvalue weighted by Crippen LogP contribution is -2.53. The maximum Gasteiger partial charge on any atom is 0.323 e. The van der Waals surface area contributed by atoms with Crippen LogP contribution in [0.15, 0.2) is 18.2 Å². The summed E-state index contributed by atoms with van der Waals surface area (Å²) in [5.74, 6) is 0.628. The van der Waals surface area contributed by atoms with Crippen LogP contribution in [-0.4, -0.2) is 25.7 Å². The normalized spacial score (nSPS) is 20.5. The first-order valence-corrected chi connectivity index (χ1v) is 6.59. The Labute approximate surface area is 114 Å². The number of hydrogen-bond acceptors (Lipinski definition) is 4. The van der Waals surface area contributed by atoms with Crippen molar-refractivity contribution in [3.8, 4) is 5.75 Å². The summed E-state index contributed by atoms with van der Waals surface area (Å²) in [5.41, 5.74) is 2.09. The zero-order valence-corrected chi connectivity index (χ0v) is 11.9. The van der Waals surface area contributed by atoms with E-state index in [9.17, 15) is 4.79 Å². The molecule has 1 unspecified atom stereocenters. The van der Waals surface area contributed by atoms with Crippen LogP contribution in [-0.2, 0) is 21.5 Å². The molecule has 1 aliphatic rings. The summed E-state index contributed by atoms with van der Waals surface area (Å²) in [4.78, 5) is 11.9. The average Bonchev–Trinajstić information content (AvgIpc) is 2.37. The molecule has 0 radical (unpaired) electrons. The molecule has 0 aromatic heterocycles. The molecule has 1 aliphatic heterocycles. The molecule has 1 N–H and O–H groups in total. The van der Waals surface area contributed by atoms with Gasteiger partial charge in [-0.15, -0.1) is 0 Å². The van der Waals surface area contributed by atoms with E-state index in [2.05, 4.69) is 25.2 Å². The fourth-order valence-corrected chi connectivity index (χ4v) is 2.65. The van der Waals surface area contributed by atoms with Crippen LogP contribution >= 0.6 is 0 Å². The van der Waals surface area contributed by atoms with Gasteiger partial charge in [-0.25, -0.2) is 0 Å². The van der Waals surface area contributed by atoms with E-state index in [1.54, 1.807) is 7.11 Å². The zero-order valence-electron chi connectivity index (χ0n) is 11.9.